The number of aryl methyl sites for hydroxylation is 1. The van der Waals surface area contributed by atoms with Gasteiger partial charge in [0, 0.05) is 15.4 Å². The number of rotatable bonds is 5. The third kappa shape index (κ3) is 4.73. The second kappa shape index (κ2) is 10.3. The van der Waals surface area contributed by atoms with Gasteiger partial charge in [-0.2, -0.15) is 0 Å². The van der Waals surface area contributed by atoms with Crippen molar-refractivity contribution in [1.82, 2.24) is 0 Å². The Morgan fingerprint density at radius 3 is 1.97 bits per heavy atom. The molecule has 190 valence electrons. The van der Waals surface area contributed by atoms with Crippen molar-refractivity contribution in [3.05, 3.63) is 123 Å². The van der Waals surface area contributed by atoms with E-state index in [1.165, 1.54) is 4.90 Å². The van der Waals surface area contributed by atoms with Crippen LogP contribution in [-0.4, -0.2) is 11.8 Å². The van der Waals surface area contributed by atoms with Crippen LogP contribution in [0.15, 0.2) is 102 Å². The van der Waals surface area contributed by atoms with Crippen LogP contribution in [0.4, 0.5) is 11.4 Å². The predicted octanol–water partition coefficient (Wildman–Crippen LogP) is 7.58. The van der Waals surface area contributed by atoms with Crippen LogP contribution < -0.4 is 10.6 Å². The fourth-order valence-electron chi connectivity index (χ4n) is 4.94. The lowest BCUT2D eigenvalue weighted by Crippen LogP contribution is -2.29. The molecule has 5 rings (SSSR count). The maximum atomic E-state index is 13.8. The summed E-state index contributed by atoms with van der Waals surface area (Å²) in [5.74, 6) is -0.548. The van der Waals surface area contributed by atoms with Crippen molar-refractivity contribution in [1.29, 1.82) is 0 Å². The Hall–Kier alpha value is -4.22. The number of carbonyl (C=O) groups is 2. The molecule has 1 fully saturated rings. The van der Waals surface area contributed by atoms with Crippen molar-refractivity contribution in [3.8, 4) is 10.4 Å². The van der Waals surface area contributed by atoms with Gasteiger partial charge in [-0.15, -0.1) is 11.3 Å². The molecule has 0 atom stereocenters. The first-order valence-corrected chi connectivity index (χ1v) is 13.4. The number of carbonyl (C=O) groups excluding carboxylic acids is 2. The summed E-state index contributed by atoms with van der Waals surface area (Å²) >= 11 is 1.70. The monoisotopic (exact) mass is 518 g/mol. The molecule has 0 saturated carbocycles. The van der Waals surface area contributed by atoms with Gasteiger partial charge in [-0.25, -0.2) is 4.90 Å². The van der Waals surface area contributed by atoms with Gasteiger partial charge in [0.05, 0.1) is 16.8 Å². The average Bonchev–Trinajstić information content (AvgIpc) is 3.42. The van der Waals surface area contributed by atoms with Crippen molar-refractivity contribution in [2.75, 3.05) is 10.6 Å². The van der Waals surface area contributed by atoms with E-state index in [0.717, 1.165) is 55.3 Å². The zero-order valence-corrected chi connectivity index (χ0v) is 22.9. The summed E-state index contributed by atoms with van der Waals surface area (Å²) in [4.78, 5) is 31.0. The largest absolute Gasteiger partial charge is 0.399 e. The Bertz CT molecular complexity index is 1590. The first-order chi connectivity index (χ1) is 18.2. The molecule has 1 aromatic heterocycles. The van der Waals surface area contributed by atoms with E-state index in [1.54, 1.807) is 11.3 Å². The van der Waals surface area contributed by atoms with Gasteiger partial charge in [0.2, 0.25) is 0 Å². The Morgan fingerprint density at radius 1 is 0.789 bits per heavy atom. The molecular weight excluding hydrogens is 488 g/mol. The maximum Gasteiger partial charge on any atom is 0.266 e. The molecule has 0 unspecified atom stereocenters. The van der Waals surface area contributed by atoms with Gasteiger partial charge in [-0.3, -0.25) is 9.59 Å². The lowest BCUT2D eigenvalue weighted by atomic mass is 9.95. The number of nitrogens with zero attached hydrogens (tertiary/aromatic N) is 1. The van der Waals surface area contributed by atoms with Crippen LogP contribution in [0.2, 0.25) is 0 Å². The second-order valence-corrected chi connectivity index (χ2v) is 11.1. The van der Waals surface area contributed by atoms with Crippen LogP contribution in [-0.2, 0) is 16.0 Å². The molecule has 2 amide bonds. The topological polar surface area (TPSA) is 63.4 Å². The zero-order valence-electron chi connectivity index (χ0n) is 22.0. The summed E-state index contributed by atoms with van der Waals surface area (Å²) in [5, 5.41) is 0. The van der Waals surface area contributed by atoms with Gasteiger partial charge in [0.25, 0.3) is 11.8 Å². The van der Waals surface area contributed by atoms with Crippen molar-refractivity contribution in [2.24, 2.45) is 0 Å². The number of amides is 2. The minimum absolute atomic E-state index is 0.271. The molecule has 1 saturated heterocycles. The van der Waals surface area contributed by atoms with Crippen LogP contribution in [0.1, 0.15) is 42.3 Å². The number of hydrogen-bond acceptors (Lipinski definition) is 4. The normalized spacial score (nSPS) is 14.8. The fraction of sp³-hybridized carbons (Fsp3) is 0.152. The van der Waals surface area contributed by atoms with Crippen LogP contribution in [0.25, 0.3) is 16.0 Å². The molecule has 3 aromatic carbocycles. The highest BCUT2D eigenvalue weighted by atomic mass is 32.1. The number of thiophene rings is 1. The molecule has 38 heavy (non-hydrogen) atoms. The van der Waals surface area contributed by atoms with E-state index in [9.17, 15) is 9.59 Å². The fourth-order valence-corrected chi connectivity index (χ4v) is 6.03. The average molecular weight is 519 g/mol. The summed E-state index contributed by atoms with van der Waals surface area (Å²) in [6.45, 7) is 7.80. The summed E-state index contributed by atoms with van der Waals surface area (Å²) < 4.78 is 0. The quantitative estimate of drug-likeness (QED) is 0.168. The van der Waals surface area contributed by atoms with E-state index >= 15 is 0 Å². The minimum atomic E-state index is -0.276. The molecular formula is C33H30N2O2S. The van der Waals surface area contributed by atoms with E-state index in [-0.39, 0.29) is 11.8 Å². The molecule has 4 aromatic rings. The lowest BCUT2D eigenvalue weighted by molar-refractivity contribution is -0.119. The van der Waals surface area contributed by atoms with Crippen LogP contribution >= 0.6 is 11.3 Å². The smallest absolute Gasteiger partial charge is 0.266 e. The third-order valence-corrected chi connectivity index (χ3v) is 8.02. The Kier molecular flexibility index (Phi) is 6.87. The van der Waals surface area contributed by atoms with Crippen LogP contribution in [0.5, 0.6) is 0 Å². The first kappa shape index (κ1) is 25.4. The van der Waals surface area contributed by atoms with Crippen LogP contribution in [0, 0.1) is 6.92 Å². The lowest BCUT2D eigenvalue weighted by Gasteiger charge is -2.14. The molecule has 5 heteroatoms. The number of nitrogen functional groups attached to an aromatic ring is 1. The summed E-state index contributed by atoms with van der Waals surface area (Å²) in [7, 11) is 0. The molecule has 0 bridgehead atoms. The SMILES string of the molecule is CC(C)=C1C(=O)N(c2ccc(Cc3ccc(N)cc3)cc2)C(=O)/C1=C(\C)c1cc(-c2ccccc2)sc1C. The summed E-state index contributed by atoms with van der Waals surface area (Å²) in [6, 6.07) is 27.8. The number of benzene rings is 3. The first-order valence-electron chi connectivity index (χ1n) is 12.6. The molecule has 0 radical (unpaired) electrons. The molecule has 0 aliphatic carbocycles. The van der Waals surface area contributed by atoms with Crippen molar-refractivity contribution >= 4 is 40.1 Å². The maximum absolute atomic E-state index is 13.8. The number of hydrogen-bond donors (Lipinski definition) is 1. The van der Waals surface area contributed by atoms with Crippen molar-refractivity contribution < 1.29 is 9.59 Å². The van der Waals surface area contributed by atoms with Crippen molar-refractivity contribution in [2.45, 2.75) is 34.1 Å². The van der Waals surface area contributed by atoms with Gasteiger partial charge in [-0.1, -0.05) is 60.2 Å². The molecule has 2 heterocycles. The van der Waals surface area contributed by atoms with Gasteiger partial charge >= 0.3 is 0 Å². The zero-order chi connectivity index (χ0) is 27.0. The Morgan fingerprint density at radius 2 is 1.37 bits per heavy atom. The van der Waals surface area contributed by atoms with Gasteiger partial charge in [-0.05, 0) is 92.3 Å². The molecule has 2 N–H and O–H groups in total. The number of allylic oxidation sites excluding steroid dienone is 2. The molecule has 1 aliphatic heterocycles. The van der Waals surface area contributed by atoms with E-state index in [1.807, 2.05) is 87.5 Å². The van der Waals surface area contributed by atoms with E-state index in [0.29, 0.717) is 16.8 Å². The summed E-state index contributed by atoms with van der Waals surface area (Å²) in [5.41, 5.74) is 14.1. The third-order valence-electron chi connectivity index (χ3n) is 6.92. The number of anilines is 2. The van der Waals surface area contributed by atoms with E-state index in [2.05, 4.69) is 25.1 Å². The van der Waals surface area contributed by atoms with Gasteiger partial charge < -0.3 is 5.73 Å². The minimum Gasteiger partial charge on any atom is -0.399 e. The van der Waals surface area contributed by atoms with Gasteiger partial charge in [0.1, 0.15) is 0 Å². The standard InChI is InChI=1S/C33H30N2O2S/c1-20(2)30-31(21(3)28-19-29(38-22(28)4)25-8-6-5-7-9-25)33(37)35(32(30)36)27-16-12-24(13-17-27)18-23-10-14-26(34)15-11-23/h5-17,19H,18,34H2,1-4H3/b31-21+. The predicted molar refractivity (Wildman–Crippen MR) is 158 cm³/mol. The van der Waals surface area contributed by atoms with Gasteiger partial charge in [0.15, 0.2) is 0 Å². The Balaban J connectivity index is 1.50. The number of imide groups is 1. The van der Waals surface area contributed by atoms with E-state index in [4.69, 9.17) is 5.73 Å². The van der Waals surface area contributed by atoms with E-state index < -0.39 is 0 Å². The highest BCUT2D eigenvalue weighted by Crippen LogP contribution is 2.40. The molecule has 1 aliphatic rings. The highest BCUT2D eigenvalue weighted by molar-refractivity contribution is 7.15. The molecule has 4 nitrogen and oxygen atoms in total. The van der Waals surface area contributed by atoms with Crippen LogP contribution in [0.3, 0.4) is 0 Å². The highest BCUT2D eigenvalue weighted by Gasteiger charge is 2.42. The number of nitrogens with two attached hydrogens (primary N) is 1. The Labute approximate surface area is 227 Å². The van der Waals surface area contributed by atoms with Crippen molar-refractivity contribution in [3.63, 3.8) is 0 Å². The summed E-state index contributed by atoms with van der Waals surface area (Å²) in [6.07, 6.45) is 0.743. The molecule has 0 spiro atoms. The second-order valence-electron chi connectivity index (χ2n) is 9.85.